The topological polar surface area (TPSA) is 0 Å². The molecule has 0 aliphatic carbocycles. The normalized spacial score (nSPS) is 10.7. The van der Waals surface area contributed by atoms with Crippen molar-refractivity contribution < 1.29 is 4.39 Å². The van der Waals surface area contributed by atoms with E-state index >= 15 is 0 Å². The molecular formula is C26H43F. The lowest BCUT2D eigenvalue weighted by Crippen LogP contribution is -2.11. The maximum absolute atomic E-state index is 14.2. The average molecular weight is 375 g/mol. The van der Waals surface area contributed by atoms with Crippen LogP contribution < -0.4 is 0 Å². The van der Waals surface area contributed by atoms with E-state index in [1.54, 1.807) is 13.8 Å². The van der Waals surface area contributed by atoms with Crippen molar-refractivity contribution in [2.75, 3.05) is 0 Å². The second kappa shape index (κ2) is 17.5. The monoisotopic (exact) mass is 374 g/mol. The van der Waals surface area contributed by atoms with Gasteiger partial charge in [-0.15, -0.1) is 13.2 Å². The van der Waals surface area contributed by atoms with Gasteiger partial charge in [-0.2, -0.15) is 0 Å². The first-order chi connectivity index (χ1) is 12.7. The highest BCUT2D eigenvalue weighted by atomic mass is 19.1. The van der Waals surface area contributed by atoms with Crippen LogP contribution in [0.4, 0.5) is 4.39 Å². The largest absolute Gasteiger partial charge is 0.239 e. The van der Waals surface area contributed by atoms with E-state index in [2.05, 4.69) is 33.6 Å². The number of hydrogen-bond donors (Lipinski definition) is 0. The van der Waals surface area contributed by atoms with Crippen LogP contribution >= 0.6 is 0 Å². The molecule has 0 saturated heterocycles. The Labute approximate surface area is 169 Å². The number of alkyl halides is 1. The minimum atomic E-state index is -1.33. The van der Waals surface area contributed by atoms with Crippen molar-refractivity contribution in [1.29, 1.82) is 0 Å². The number of unbranched alkanes of at least 4 members (excludes halogenated alkanes) is 1. The molecule has 27 heavy (non-hydrogen) atoms. The lowest BCUT2D eigenvalue weighted by molar-refractivity contribution is 0.220. The first-order valence-electron chi connectivity index (χ1n) is 9.98. The third-order valence-electron chi connectivity index (χ3n) is 3.60. The predicted molar refractivity (Wildman–Crippen MR) is 126 cm³/mol. The molecule has 0 N–H and O–H groups in total. The van der Waals surface area contributed by atoms with E-state index in [4.69, 9.17) is 0 Å². The van der Waals surface area contributed by atoms with Gasteiger partial charge in [0.15, 0.2) is 0 Å². The van der Waals surface area contributed by atoms with E-state index in [-0.39, 0.29) is 0 Å². The van der Waals surface area contributed by atoms with E-state index in [9.17, 15) is 4.39 Å². The molecular weight excluding hydrogens is 331 g/mol. The Morgan fingerprint density at radius 2 is 1.59 bits per heavy atom. The molecule has 0 heterocycles. The van der Waals surface area contributed by atoms with Gasteiger partial charge in [0.25, 0.3) is 0 Å². The zero-order valence-corrected chi connectivity index (χ0v) is 19.4. The Balaban J connectivity index is -0.000000621. The molecule has 0 spiro atoms. The Morgan fingerprint density at radius 3 is 1.93 bits per heavy atom. The summed E-state index contributed by atoms with van der Waals surface area (Å²) in [5, 5.41) is 0. The van der Waals surface area contributed by atoms with Crippen LogP contribution in [0.15, 0.2) is 61.7 Å². The smallest absolute Gasteiger partial charge is 0.130 e. The van der Waals surface area contributed by atoms with E-state index in [1.165, 1.54) is 12.8 Å². The molecule has 1 aromatic rings. The van der Waals surface area contributed by atoms with Gasteiger partial charge in [-0.25, -0.2) is 4.39 Å². The van der Waals surface area contributed by atoms with E-state index in [1.807, 2.05) is 71.0 Å². The maximum Gasteiger partial charge on any atom is 0.130 e. The highest BCUT2D eigenvalue weighted by Gasteiger charge is 2.21. The summed E-state index contributed by atoms with van der Waals surface area (Å²) in [5.41, 5.74) is 3.41. The van der Waals surface area contributed by atoms with Crippen molar-refractivity contribution in [3.05, 3.63) is 78.4 Å². The van der Waals surface area contributed by atoms with Gasteiger partial charge in [0.05, 0.1) is 0 Å². The van der Waals surface area contributed by atoms with Crippen LogP contribution in [-0.4, -0.2) is 0 Å². The summed E-state index contributed by atoms with van der Waals surface area (Å²) in [6.07, 6.45) is 8.60. The van der Waals surface area contributed by atoms with Gasteiger partial charge >= 0.3 is 0 Å². The van der Waals surface area contributed by atoms with Crippen LogP contribution in [0.5, 0.6) is 0 Å². The summed E-state index contributed by atoms with van der Waals surface area (Å²) >= 11 is 0. The first kappa shape index (κ1) is 29.9. The molecule has 0 bridgehead atoms. The van der Waals surface area contributed by atoms with Gasteiger partial charge in [-0.1, -0.05) is 83.0 Å². The fourth-order valence-electron chi connectivity index (χ4n) is 2.11. The summed E-state index contributed by atoms with van der Waals surface area (Å²) in [7, 11) is 0. The highest BCUT2D eigenvalue weighted by molar-refractivity contribution is 5.79. The fourth-order valence-corrected chi connectivity index (χ4v) is 2.11. The van der Waals surface area contributed by atoms with Crippen molar-refractivity contribution in [2.45, 2.75) is 80.8 Å². The molecule has 0 amide bonds. The third-order valence-corrected chi connectivity index (χ3v) is 3.60. The maximum atomic E-state index is 14.2. The van der Waals surface area contributed by atoms with Crippen molar-refractivity contribution in [2.24, 2.45) is 0 Å². The summed E-state index contributed by atoms with van der Waals surface area (Å²) in [6.45, 7) is 27.4. The van der Waals surface area contributed by atoms with Crippen LogP contribution in [0, 0.1) is 6.92 Å². The predicted octanol–water partition coefficient (Wildman–Crippen LogP) is 9.37. The van der Waals surface area contributed by atoms with E-state index in [0.29, 0.717) is 0 Å². The van der Waals surface area contributed by atoms with E-state index < -0.39 is 5.67 Å². The number of aryl methyl sites for hydroxylation is 1. The molecule has 1 rings (SSSR count). The van der Waals surface area contributed by atoms with Gasteiger partial charge in [-0.3, -0.25) is 0 Å². The van der Waals surface area contributed by atoms with Crippen LogP contribution in [0.3, 0.4) is 0 Å². The quantitative estimate of drug-likeness (QED) is 0.355. The van der Waals surface area contributed by atoms with Gasteiger partial charge < -0.3 is 0 Å². The van der Waals surface area contributed by atoms with Crippen LogP contribution in [-0.2, 0) is 5.67 Å². The lowest BCUT2D eigenvalue weighted by Gasteiger charge is -2.19. The van der Waals surface area contributed by atoms with Crippen LogP contribution in [0.1, 0.15) is 84.9 Å². The summed E-state index contributed by atoms with van der Waals surface area (Å²) in [5.74, 6) is 0. The lowest BCUT2D eigenvalue weighted by atomic mass is 9.90. The zero-order chi connectivity index (χ0) is 22.0. The molecule has 0 aliphatic heterocycles. The van der Waals surface area contributed by atoms with Gasteiger partial charge in [0, 0.05) is 0 Å². The molecule has 1 aromatic carbocycles. The molecule has 0 aliphatic rings. The average Bonchev–Trinajstić information content (AvgIpc) is 2.65. The zero-order valence-electron chi connectivity index (χ0n) is 19.4. The fraction of sp³-hybridized carbons (Fsp3) is 0.462. The molecule has 154 valence electrons. The molecule has 0 aromatic heterocycles. The molecule has 1 heteroatoms. The van der Waals surface area contributed by atoms with Gasteiger partial charge in [0.1, 0.15) is 5.67 Å². The molecule has 0 fully saturated rings. The second-order valence-electron chi connectivity index (χ2n) is 6.39. The number of rotatable bonds is 5. The molecule has 0 unspecified atom stereocenters. The number of halogens is 1. The second-order valence-corrected chi connectivity index (χ2v) is 6.39. The van der Waals surface area contributed by atoms with Crippen molar-refractivity contribution in [3.8, 4) is 0 Å². The summed E-state index contributed by atoms with van der Waals surface area (Å²) in [6, 6.07) is 5.92. The molecule has 0 saturated carbocycles. The Hall–Kier alpha value is -1.89. The Morgan fingerprint density at radius 1 is 1.11 bits per heavy atom. The Kier molecular flexibility index (Phi) is 19.4. The molecule has 0 radical (unpaired) electrons. The van der Waals surface area contributed by atoms with Crippen molar-refractivity contribution in [1.82, 2.24) is 0 Å². The highest BCUT2D eigenvalue weighted by Crippen LogP contribution is 2.31. The minimum Gasteiger partial charge on any atom is -0.239 e. The minimum absolute atomic E-state index is 0.734. The van der Waals surface area contributed by atoms with E-state index in [0.717, 1.165) is 27.8 Å². The molecule has 0 nitrogen and oxygen atoms in total. The molecule has 0 atom stereocenters. The summed E-state index contributed by atoms with van der Waals surface area (Å²) in [4.78, 5) is 0. The Bertz CT molecular complexity index is 566. The van der Waals surface area contributed by atoms with Crippen molar-refractivity contribution >= 4 is 5.57 Å². The van der Waals surface area contributed by atoms with Crippen LogP contribution in [0.25, 0.3) is 5.57 Å². The standard InChI is InChI=1S/C18H23F.C4H10.C2H6.C2H4/c1-7-8-9-16(13(2)3)15-11-10-14(4)17(12-15)18(5,6)19;1-3-4-2;2*1-2/h7-12H,2H2,1,3-6H3;3-4H2,1-2H3;1-2H3;1-2H2/b8-7-,16-9+;;;. The van der Waals surface area contributed by atoms with Crippen LogP contribution in [0.2, 0.25) is 0 Å². The third kappa shape index (κ3) is 13.0. The van der Waals surface area contributed by atoms with Gasteiger partial charge in [0.2, 0.25) is 0 Å². The van der Waals surface area contributed by atoms with Gasteiger partial charge in [-0.05, 0) is 62.9 Å². The SMILES string of the molecule is C=C.C=C(C)/C(=C\C=C/C)c1ccc(C)c(C(C)(C)F)c1.CC.CCCC. The van der Waals surface area contributed by atoms with Crippen molar-refractivity contribution in [3.63, 3.8) is 0 Å². The number of allylic oxidation sites excluding steroid dienone is 5. The number of benzene rings is 1. The number of hydrogen-bond acceptors (Lipinski definition) is 0. The first-order valence-corrected chi connectivity index (χ1v) is 9.98. The summed E-state index contributed by atoms with van der Waals surface area (Å²) < 4.78 is 14.2.